The number of rotatable bonds is 6. The molecule has 1 aromatic rings. The average Bonchev–Trinajstić information content (AvgIpc) is 2.32. The molecule has 0 aliphatic carbocycles. The third-order valence-corrected chi connectivity index (χ3v) is 2.75. The molecule has 0 spiro atoms. The number of benzene rings is 1. The summed E-state index contributed by atoms with van der Waals surface area (Å²) >= 11 is 5.97. The molecule has 0 saturated carbocycles. The van der Waals surface area contributed by atoms with Crippen molar-refractivity contribution < 1.29 is 4.79 Å². The maximum absolute atomic E-state index is 11.6. The highest BCUT2D eigenvalue weighted by Gasteiger charge is 2.05. The van der Waals surface area contributed by atoms with Crippen molar-refractivity contribution in [3.63, 3.8) is 0 Å². The molecule has 0 fully saturated rings. The average molecular weight is 250 g/mol. The van der Waals surface area contributed by atoms with Crippen LogP contribution in [0, 0.1) is 12.3 Å². The van der Waals surface area contributed by atoms with Crippen LogP contribution in [0.3, 0.4) is 0 Å². The number of unbranched alkanes of at least 4 members (excludes halogenated alkanes) is 2. The number of amides is 1. The van der Waals surface area contributed by atoms with Crippen LogP contribution in [0.2, 0.25) is 5.02 Å². The van der Waals surface area contributed by atoms with Crippen LogP contribution in [-0.2, 0) is 11.2 Å². The van der Waals surface area contributed by atoms with E-state index in [1.54, 1.807) is 6.07 Å². The highest BCUT2D eigenvalue weighted by molar-refractivity contribution is 6.31. The number of terminal acetylenes is 1. The second-order valence-electron chi connectivity index (χ2n) is 3.78. The summed E-state index contributed by atoms with van der Waals surface area (Å²) in [6, 6.07) is 7.38. The van der Waals surface area contributed by atoms with Gasteiger partial charge in [0, 0.05) is 18.0 Å². The quantitative estimate of drug-likeness (QED) is 0.610. The second kappa shape index (κ2) is 7.76. The molecule has 0 aliphatic rings. The maximum atomic E-state index is 11.6. The van der Waals surface area contributed by atoms with E-state index in [0.717, 1.165) is 24.8 Å². The minimum atomic E-state index is -0.00110. The van der Waals surface area contributed by atoms with Crippen LogP contribution in [-0.4, -0.2) is 12.5 Å². The van der Waals surface area contributed by atoms with E-state index in [0.29, 0.717) is 18.0 Å². The molecular formula is C14H16ClNO. The van der Waals surface area contributed by atoms with Gasteiger partial charge in [0.2, 0.25) is 5.91 Å². The van der Waals surface area contributed by atoms with Gasteiger partial charge in [-0.05, 0) is 24.5 Å². The van der Waals surface area contributed by atoms with Crippen LogP contribution in [0.25, 0.3) is 0 Å². The zero-order valence-corrected chi connectivity index (χ0v) is 10.5. The summed E-state index contributed by atoms with van der Waals surface area (Å²) in [6.45, 7) is 0.672. The molecular weight excluding hydrogens is 234 g/mol. The topological polar surface area (TPSA) is 29.1 Å². The summed E-state index contributed by atoms with van der Waals surface area (Å²) in [7, 11) is 0. The Morgan fingerprint density at radius 2 is 2.12 bits per heavy atom. The number of hydrogen-bond acceptors (Lipinski definition) is 1. The molecule has 0 aromatic heterocycles. The van der Waals surface area contributed by atoms with Gasteiger partial charge in [0.15, 0.2) is 0 Å². The van der Waals surface area contributed by atoms with Crippen LogP contribution in [0.4, 0.5) is 0 Å². The van der Waals surface area contributed by atoms with Crippen LogP contribution in [0.1, 0.15) is 24.8 Å². The second-order valence-corrected chi connectivity index (χ2v) is 4.19. The van der Waals surface area contributed by atoms with Gasteiger partial charge in [0.25, 0.3) is 0 Å². The molecule has 0 bridgehead atoms. The van der Waals surface area contributed by atoms with Gasteiger partial charge in [-0.1, -0.05) is 29.8 Å². The van der Waals surface area contributed by atoms with Crippen molar-refractivity contribution in [1.82, 2.24) is 5.32 Å². The minimum Gasteiger partial charge on any atom is -0.356 e. The predicted octanol–water partition coefficient (Wildman–Crippen LogP) is 2.80. The first-order valence-electron chi connectivity index (χ1n) is 5.67. The first kappa shape index (κ1) is 13.6. The Balaban J connectivity index is 2.26. The fourth-order valence-corrected chi connectivity index (χ4v) is 1.66. The van der Waals surface area contributed by atoms with Gasteiger partial charge in [-0.3, -0.25) is 4.79 Å². The van der Waals surface area contributed by atoms with Gasteiger partial charge < -0.3 is 5.32 Å². The Labute approximate surface area is 107 Å². The SMILES string of the molecule is C#CCCCCNC(=O)Cc1ccccc1Cl. The normalized spacial score (nSPS) is 9.65. The van der Waals surface area contributed by atoms with E-state index in [1.807, 2.05) is 18.2 Å². The summed E-state index contributed by atoms with van der Waals surface area (Å²) in [6.07, 6.45) is 8.09. The first-order chi connectivity index (χ1) is 8.24. The number of halogens is 1. The van der Waals surface area contributed by atoms with Crippen LogP contribution >= 0.6 is 11.6 Å². The zero-order chi connectivity index (χ0) is 12.5. The van der Waals surface area contributed by atoms with Gasteiger partial charge in [0.1, 0.15) is 0 Å². The van der Waals surface area contributed by atoms with Crippen molar-refractivity contribution in [3.8, 4) is 12.3 Å². The van der Waals surface area contributed by atoms with E-state index in [4.69, 9.17) is 18.0 Å². The van der Waals surface area contributed by atoms with E-state index in [-0.39, 0.29) is 5.91 Å². The minimum absolute atomic E-state index is 0.00110. The molecule has 0 unspecified atom stereocenters. The molecule has 0 radical (unpaired) electrons. The predicted molar refractivity (Wildman–Crippen MR) is 70.8 cm³/mol. The number of hydrogen-bond donors (Lipinski definition) is 1. The van der Waals surface area contributed by atoms with E-state index >= 15 is 0 Å². The van der Waals surface area contributed by atoms with Gasteiger partial charge in [-0.15, -0.1) is 12.3 Å². The van der Waals surface area contributed by atoms with E-state index in [1.165, 1.54) is 0 Å². The van der Waals surface area contributed by atoms with E-state index < -0.39 is 0 Å². The van der Waals surface area contributed by atoms with Crippen molar-refractivity contribution in [2.24, 2.45) is 0 Å². The highest BCUT2D eigenvalue weighted by atomic mass is 35.5. The Kier molecular flexibility index (Phi) is 6.21. The van der Waals surface area contributed by atoms with Crippen LogP contribution in [0.5, 0.6) is 0 Å². The molecule has 3 heteroatoms. The van der Waals surface area contributed by atoms with Crippen LogP contribution < -0.4 is 5.32 Å². The summed E-state index contributed by atoms with van der Waals surface area (Å²) in [5, 5.41) is 3.49. The lowest BCUT2D eigenvalue weighted by molar-refractivity contribution is -0.120. The molecule has 1 aromatic carbocycles. The maximum Gasteiger partial charge on any atom is 0.224 e. The van der Waals surface area contributed by atoms with Crippen molar-refractivity contribution in [2.45, 2.75) is 25.7 Å². The fourth-order valence-electron chi connectivity index (χ4n) is 1.46. The lowest BCUT2D eigenvalue weighted by Gasteiger charge is -2.05. The molecule has 1 rings (SSSR count). The van der Waals surface area contributed by atoms with Crippen LogP contribution in [0.15, 0.2) is 24.3 Å². The Bertz CT molecular complexity index is 409. The zero-order valence-electron chi connectivity index (χ0n) is 9.71. The number of nitrogens with one attached hydrogen (secondary N) is 1. The Morgan fingerprint density at radius 3 is 2.82 bits per heavy atom. The van der Waals surface area contributed by atoms with Crippen molar-refractivity contribution in [1.29, 1.82) is 0 Å². The highest BCUT2D eigenvalue weighted by Crippen LogP contribution is 2.15. The number of carbonyl (C=O) groups excluding carboxylic acids is 1. The summed E-state index contributed by atoms with van der Waals surface area (Å²) < 4.78 is 0. The van der Waals surface area contributed by atoms with Gasteiger partial charge >= 0.3 is 0 Å². The molecule has 0 heterocycles. The molecule has 0 saturated heterocycles. The fraction of sp³-hybridized carbons (Fsp3) is 0.357. The number of carbonyl (C=O) groups is 1. The monoisotopic (exact) mass is 249 g/mol. The van der Waals surface area contributed by atoms with Gasteiger partial charge in [-0.25, -0.2) is 0 Å². The lowest BCUT2D eigenvalue weighted by atomic mass is 10.1. The van der Waals surface area contributed by atoms with E-state index in [2.05, 4.69) is 11.2 Å². The molecule has 1 N–H and O–H groups in total. The summed E-state index contributed by atoms with van der Waals surface area (Å²) in [4.78, 5) is 11.6. The molecule has 1 amide bonds. The molecule has 90 valence electrons. The molecule has 2 nitrogen and oxygen atoms in total. The summed E-state index contributed by atoms with van der Waals surface area (Å²) in [5.74, 6) is 2.57. The molecule has 17 heavy (non-hydrogen) atoms. The van der Waals surface area contributed by atoms with Crippen molar-refractivity contribution >= 4 is 17.5 Å². The van der Waals surface area contributed by atoms with Gasteiger partial charge in [-0.2, -0.15) is 0 Å². The first-order valence-corrected chi connectivity index (χ1v) is 6.05. The lowest BCUT2D eigenvalue weighted by Crippen LogP contribution is -2.26. The standard InChI is InChI=1S/C14H16ClNO/c1-2-3-4-7-10-16-14(17)11-12-8-5-6-9-13(12)15/h1,5-6,8-9H,3-4,7,10-11H2,(H,16,17). The summed E-state index contributed by atoms with van der Waals surface area (Å²) in [5.41, 5.74) is 0.857. The van der Waals surface area contributed by atoms with E-state index in [9.17, 15) is 4.79 Å². The third kappa shape index (κ3) is 5.42. The van der Waals surface area contributed by atoms with Crippen molar-refractivity contribution in [3.05, 3.63) is 34.9 Å². The van der Waals surface area contributed by atoms with Gasteiger partial charge in [0.05, 0.1) is 6.42 Å². The Hall–Kier alpha value is -1.46. The molecule has 0 atom stereocenters. The largest absolute Gasteiger partial charge is 0.356 e. The Morgan fingerprint density at radius 1 is 1.35 bits per heavy atom. The smallest absolute Gasteiger partial charge is 0.224 e. The van der Waals surface area contributed by atoms with Crippen molar-refractivity contribution in [2.75, 3.05) is 6.54 Å². The molecule has 0 aliphatic heterocycles. The third-order valence-electron chi connectivity index (χ3n) is 2.38.